The van der Waals surface area contributed by atoms with Gasteiger partial charge in [-0.3, -0.25) is 0 Å². The number of ether oxygens (including phenoxy) is 1. The zero-order valence-corrected chi connectivity index (χ0v) is 12.8. The van der Waals surface area contributed by atoms with Crippen LogP contribution in [-0.4, -0.2) is 18.3 Å². The van der Waals surface area contributed by atoms with E-state index in [1.807, 2.05) is 54.6 Å². The maximum absolute atomic E-state index is 12.2. The lowest BCUT2D eigenvalue weighted by atomic mass is 10.00. The van der Waals surface area contributed by atoms with Crippen LogP contribution in [0.4, 0.5) is 5.69 Å². The third kappa shape index (κ3) is 2.68. The second-order valence-electron chi connectivity index (χ2n) is 4.78. The molecule has 0 saturated heterocycles. The van der Waals surface area contributed by atoms with E-state index in [0.717, 1.165) is 22.4 Å². The average molecular weight is 312 g/mol. The largest absolute Gasteiger partial charge is 0.461 e. The highest BCUT2D eigenvalue weighted by molar-refractivity contribution is 6.58. The van der Waals surface area contributed by atoms with Crippen molar-refractivity contribution in [3.63, 3.8) is 0 Å². The Hall–Kier alpha value is -2.39. The number of hydrogen-bond acceptors (Lipinski definition) is 3. The number of carbonyl (C=O) groups excluding carboxylic acids is 1. The highest BCUT2D eigenvalue weighted by atomic mass is 35.5. The highest BCUT2D eigenvalue weighted by Gasteiger charge is 2.27. The lowest BCUT2D eigenvalue weighted by Crippen LogP contribution is -2.16. The molecule has 0 aromatic heterocycles. The summed E-state index contributed by atoms with van der Waals surface area (Å²) in [5.41, 5.74) is 3.58. The van der Waals surface area contributed by atoms with Crippen LogP contribution < -0.4 is 0 Å². The molecule has 22 heavy (non-hydrogen) atoms. The van der Waals surface area contributed by atoms with E-state index in [1.165, 1.54) is 0 Å². The second-order valence-corrected chi connectivity index (χ2v) is 5.18. The standard InChI is InChI=1S/C18H14ClNO2/c1-2-22-18(21)17-14(11-12-7-3-5-9-15(12)19)13-8-4-6-10-16(13)20-17/h3-11H,2H2,1H3/b14-11+. The molecule has 0 saturated carbocycles. The summed E-state index contributed by atoms with van der Waals surface area (Å²) in [5.74, 6) is -0.419. The summed E-state index contributed by atoms with van der Waals surface area (Å²) in [6.45, 7) is 2.09. The van der Waals surface area contributed by atoms with Gasteiger partial charge in [0.25, 0.3) is 0 Å². The van der Waals surface area contributed by atoms with E-state index in [2.05, 4.69) is 4.99 Å². The second kappa shape index (κ2) is 6.16. The molecule has 0 radical (unpaired) electrons. The number of benzene rings is 2. The topological polar surface area (TPSA) is 38.7 Å². The third-order valence-corrected chi connectivity index (χ3v) is 3.70. The van der Waals surface area contributed by atoms with Gasteiger partial charge in [0.2, 0.25) is 0 Å². The summed E-state index contributed by atoms with van der Waals surface area (Å²) >= 11 is 6.22. The van der Waals surface area contributed by atoms with Gasteiger partial charge in [0.15, 0.2) is 5.71 Å². The van der Waals surface area contributed by atoms with Gasteiger partial charge in [-0.15, -0.1) is 0 Å². The molecule has 2 aromatic rings. The van der Waals surface area contributed by atoms with Crippen LogP contribution in [0.25, 0.3) is 11.6 Å². The monoisotopic (exact) mass is 311 g/mol. The Morgan fingerprint density at radius 3 is 2.68 bits per heavy atom. The van der Waals surface area contributed by atoms with Gasteiger partial charge in [0, 0.05) is 16.2 Å². The first-order valence-electron chi connectivity index (χ1n) is 7.02. The molecule has 0 amide bonds. The number of rotatable bonds is 3. The molecule has 2 aromatic carbocycles. The molecule has 0 bridgehead atoms. The highest BCUT2D eigenvalue weighted by Crippen LogP contribution is 2.36. The Labute approximate surface area is 133 Å². The Kier molecular flexibility index (Phi) is 4.07. The van der Waals surface area contributed by atoms with Gasteiger partial charge in [0.1, 0.15) is 0 Å². The van der Waals surface area contributed by atoms with Crippen molar-refractivity contribution in [1.29, 1.82) is 0 Å². The summed E-state index contributed by atoms with van der Waals surface area (Å²) in [7, 11) is 0. The van der Waals surface area contributed by atoms with E-state index in [4.69, 9.17) is 16.3 Å². The van der Waals surface area contributed by atoms with Gasteiger partial charge >= 0.3 is 5.97 Å². The van der Waals surface area contributed by atoms with Crippen LogP contribution in [0.15, 0.2) is 53.5 Å². The van der Waals surface area contributed by atoms with Crippen LogP contribution in [0.3, 0.4) is 0 Å². The van der Waals surface area contributed by atoms with E-state index >= 15 is 0 Å². The number of fused-ring (bicyclic) bond motifs is 1. The summed E-state index contributed by atoms with van der Waals surface area (Å²) in [6.07, 6.45) is 1.88. The predicted molar refractivity (Wildman–Crippen MR) is 89.5 cm³/mol. The van der Waals surface area contributed by atoms with Crippen LogP contribution in [-0.2, 0) is 9.53 Å². The number of carbonyl (C=O) groups is 1. The number of hydrogen-bond donors (Lipinski definition) is 0. The summed E-state index contributed by atoms with van der Waals surface area (Å²) < 4.78 is 5.11. The number of para-hydroxylation sites is 1. The minimum Gasteiger partial charge on any atom is -0.461 e. The Balaban J connectivity index is 2.12. The molecule has 1 aliphatic heterocycles. The van der Waals surface area contributed by atoms with Crippen LogP contribution in [0.5, 0.6) is 0 Å². The van der Waals surface area contributed by atoms with Crippen molar-refractivity contribution >= 4 is 40.6 Å². The summed E-state index contributed by atoms with van der Waals surface area (Å²) in [5, 5.41) is 0.627. The third-order valence-electron chi connectivity index (χ3n) is 3.36. The molecule has 0 N–H and O–H groups in total. The van der Waals surface area contributed by atoms with E-state index in [9.17, 15) is 4.79 Å². The van der Waals surface area contributed by atoms with Crippen molar-refractivity contribution in [2.75, 3.05) is 6.61 Å². The van der Waals surface area contributed by atoms with Gasteiger partial charge in [-0.05, 0) is 30.7 Å². The van der Waals surface area contributed by atoms with Crippen LogP contribution in [0, 0.1) is 0 Å². The predicted octanol–water partition coefficient (Wildman–Crippen LogP) is 4.53. The lowest BCUT2D eigenvalue weighted by molar-refractivity contribution is -0.134. The molecule has 4 heteroatoms. The molecule has 0 unspecified atom stereocenters. The average Bonchev–Trinajstić information content (AvgIpc) is 2.89. The van der Waals surface area contributed by atoms with E-state index in [-0.39, 0.29) is 0 Å². The van der Waals surface area contributed by atoms with Crippen LogP contribution in [0.1, 0.15) is 18.1 Å². The van der Waals surface area contributed by atoms with Crippen LogP contribution in [0.2, 0.25) is 5.02 Å². The van der Waals surface area contributed by atoms with E-state index in [0.29, 0.717) is 17.3 Å². The fourth-order valence-corrected chi connectivity index (χ4v) is 2.55. The molecule has 0 atom stereocenters. The van der Waals surface area contributed by atoms with Crippen molar-refractivity contribution in [3.8, 4) is 0 Å². The first-order valence-corrected chi connectivity index (χ1v) is 7.40. The smallest absolute Gasteiger partial charge is 0.357 e. The SMILES string of the molecule is CCOC(=O)C1=Nc2ccccc2/C1=C\c1ccccc1Cl. The molecule has 110 valence electrons. The van der Waals surface area contributed by atoms with Crippen molar-refractivity contribution < 1.29 is 9.53 Å². The number of halogens is 1. The zero-order chi connectivity index (χ0) is 15.5. The van der Waals surface area contributed by atoms with E-state index < -0.39 is 5.97 Å². The Morgan fingerprint density at radius 1 is 1.18 bits per heavy atom. The number of esters is 1. The number of nitrogens with zero attached hydrogens (tertiary/aromatic N) is 1. The van der Waals surface area contributed by atoms with E-state index in [1.54, 1.807) is 6.92 Å². The van der Waals surface area contributed by atoms with Crippen molar-refractivity contribution in [1.82, 2.24) is 0 Å². The first-order chi connectivity index (χ1) is 10.7. The Bertz CT molecular complexity index is 793. The maximum atomic E-state index is 12.2. The normalized spacial score (nSPS) is 14.6. The van der Waals surface area contributed by atoms with Gasteiger partial charge in [-0.1, -0.05) is 48.0 Å². The quantitative estimate of drug-likeness (QED) is 0.781. The minimum atomic E-state index is -0.419. The molecular weight excluding hydrogens is 298 g/mol. The molecule has 0 fully saturated rings. The zero-order valence-electron chi connectivity index (χ0n) is 12.0. The molecule has 1 aliphatic rings. The molecule has 0 aliphatic carbocycles. The van der Waals surface area contributed by atoms with Gasteiger partial charge in [-0.2, -0.15) is 0 Å². The van der Waals surface area contributed by atoms with Gasteiger partial charge in [0.05, 0.1) is 12.3 Å². The minimum absolute atomic E-state index is 0.313. The van der Waals surface area contributed by atoms with Crippen LogP contribution >= 0.6 is 11.6 Å². The van der Waals surface area contributed by atoms with Crippen molar-refractivity contribution in [3.05, 3.63) is 64.7 Å². The maximum Gasteiger partial charge on any atom is 0.357 e. The van der Waals surface area contributed by atoms with Crippen molar-refractivity contribution in [2.24, 2.45) is 4.99 Å². The lowest BCUT2D eigenvalue weighted by Gasteiger charge is -2.06. The molecule has 3 rings (SSSR count). The summed E-state index contributed by atoms with van der Waals surface area (Å²) in [6, 6.07) is 15.1. The van der Waals surface area contributed by atoms with Gasteiger partial charge in [-0.25, -0.2) is 9.79 Å². The number of aliphatic imine (C=N–C) groups is 1. The molecular formula is C18H14ClNO2. The summed E-state index contributed by atoms with van der Waals surface area (Å²) in [4.78, 5) is 16.6. The molecule has 0 spiro atoms. The molecule has 3 nitrogen and oxygen atoms in total. The molecule has 1 heterocycles. The Morgan fingerprint density at radius 2 is 1.91 bits per heavy atom. The van der Waals surface area contributed by atoms with Gasteiger partial charge < -0.3 is 4.74 Å². The fourth-order valence-electron chi connectivity index (χ4n) is 2.36. The van der Waals surface area contributed by atoms with Crippen molar-refractivity contribution in [2.45, 2.75) is 6.92 Å². The first kappa shape index (κ1) is 14.5. The fraction of sp³-hybridized carbons (Fsp3) is 0.111.